The first-order chi connectivity index (χ1) is 9.52. The van der Waals surface area contributed by atoms with E-state index in [-0.39, 0.29) is 12.0 Å². The molecule has 108 valence electrons. The predicted octanol–water partition coefficient (Wildman–Crippen LogP) is 1.10. The first kappa shape index (κ1) is 14.2. The minimum atomic E-state index is -0.354. The highest BCUT2D eigenvalue weighted by atomic mass is 16.5. The monoisotopic (exact) mass is 277 g/mol. The van der Waals surface area contributed by atoms with Gasteiger partial charge in [-0.3, -0.25) is 4.79 Å². The number of ether oxygens (including phenoxy) is 1. The molecule has 6 nitrogen and oxygen atoms in total. The highest BCUT2D eigenvalue weighted by Crippen LogP contribution is 2.17. The van der Waals surface area contributed by atoms with Crippen molar-refractivity contribution >= 4 is 17.7 Å². The van der Waals surface area contributed by atoms with Gasteiger partial charge < -0.3 is 20.3 Å². The molecule has 0 radical (unpaired) electrons. The number of anilines is 1. The topological polar surface area (TPSA) is 75.9 Å². The van der Waals surface area contributed by atoms with Gasteiger partial charge in [-0.2, -0.15) is 0 Å². The molecular formula is C14H19N3O3. The molecule has 2 rings (SSSR count). The van der Waals surface area contributed by atoms with Crippen LogP contribution < -0.4 is 5.73 Å². The van der Waals surface area contributed by atoms with Crippen LogP contribution in [0, 0.1) is 6.92 Å². The Kier molecular flexibility index (Phi) is 4.12. The Morgan fingerprint density at radius 1 is 1.15 bits per heavy atom. The number of methoxy groups -OCH3 is 1. The zero-order chi connectivity index (χ0) is 14.7. The molecule has 0 unspecified atom stereocenters. The lowest BCUT2D eigenvalue weighted by Gasteiger charge is -2.34. The fourth-order valence-corrected chi connectivity index (χ4v) is 2.25. The van der Waals surface area contributed by atoms with Gasteiger partial charge >= 0.3 is 6.09 Å². The summed E-state index contributed by atoms with van der Waals surface area (Å²) in [7, 11) is 1.35. The van der Waals surface area contributed by atoms with Crippen LogP contribution in [0.4, 0.5) is 10.5 Å². The normalized spacial score (nSPS) is 15.1. The molecule has 0 spiro atoms. The number of benzene rings is 1. The number of nitrogens with zero attached hydrogens (tertiary/aromatic N) is 2. The van der Waals surface area contributed by atoms with Crippen LogP contribution in [0.5, 0.6) is 0 Å². The largest absolute Gasteiger partial charge is 0.453 e. The van der Waals surface area contributed by atoms with Gasteiger partial charge in [-0.15, -0.1) is 0 Å². The molecule has 1 aliphatic heterocycles. The van der Waals surface area contributed by atoms with E-state index in [2.05, 4.69) is 4.74 Å². The smallest absolute Gasteiger partial charge is 0.409 e. The number of rotatable bonds is 1. The summed E-state index contributed by atoms with van der Waals surface area (Å²) >= 11 is 0. The van der Waals surface area contributed by atoms with Crippen LogP contribution in [0.2, 0.25) is 0 Å². The van der Waals surface area contributed by atoms with Gasteiger partial charge in [0.2, 0.25) is 0 Å². The van der Waals surface area contributed by atoms with Crippen LogP contribution in [-0.2, 0) is 4.74 Å². The molecule has 1 aliphatic rings. The van der Waals surface area contributed by atoms with E-state index in [0.717, 1.165) is 5.56 Å². The first-order valence-corrected chi connectivity index (χ1v) is 6.51. The summed E-state index contributed by atoms with van der Waals surface area (Å²) in [5.41, 5.74) is 7.87. The zero-order valence-corrected chi connectivity index (χ0v) is 11.8. The molecule has 0 aliphatic carbocycles. The number of nitrogen functional groups attached to an aromatic ring is 1. The SMILES string of the molecule is COC(=O)N1CCN(C(=O)c2cc(C)ccc2N)CC1. The van der Waals surface area contributed by atoms with Crippen LogP contribution in [-0.4, -0.2) is 55.1 Å². The number of piperazine rings is 1. The summed E-state index contributed by atoms with van der Waals surface area (Å²) in [6.07, 6.45) is -0.354. The molecule has 1 heterocycles. The molecule has 20 heavy (non-hydrogen) atoms. The summed E-state index contributed by atoms with van der Waals surface area (Å²) in [6.45, 7) is 3.85. The van der Waals surface area contributed by atoms with Crippen LogP contribution in [0.25, 0.3) is 0 Å². The van der Waals surface area contributed by atoms with Crippen molar-refractivity contribution < 1.29 is 14.3 Å². The summed E-state index contributed by atoms with van der Waals surface area (Å²) in [6, 6.07) is 5.42. The van der Waals surface area contributed by atoms with Crippen molar-refractivity contribution in [1.82, 2.24) is 9.80 Å². The highest BCUT2D eigenvalue weighted by molar-refractivity contribution is 5.99. The number of carbonyl (C=O) groups is 2. The van der Waals surface area contributed by atoms with E-state index in [1.54, 1.807) is 21.9 Å². The molecule has 0 saturated carbocycles. The number of aryl methyl sites for hydroxylation is 1. The second kappa shape index (κ2) is 5.81. The van der Waals surface area contributed by atoms with Gasteiger partial charge in [-0.25, -0.2) is 4.79 Å². The lowest BCUT2D eigenvalue weighted by molar-refractivity contribution is 0.0600. The van der Waals surface area contributed by atoms with Crippen molar-refractivity contribution in [3.63, 3.8) is 0 Å². The number of hydrogen-bond donors (Lipinski definition) is 1. The van der Waals surface area contributed by atoms with Gasteiger partial charge in [0.05, 0.1) is 12.7 Å². The predicted molar refractivity (Wildman–Crippen MR) is 75.5 cm³/mol. The van der Waals surface area contributed by atoms with Crippen molar-refractivity contribution in [3.05, 3.63) is 29.3 Å². The summed E-state index contributed by atoms with van der Waals surface area (Å²) in [4.78, 5) is 27.1. The Balaban J connectivity index is 2.05. The van der Waals surface area contributed by atoms with Crippen LogP contribution in [0.15, 0.2) is 18.2 Å². The Labute approximate surface area is 118 Å². The second-order valence-corrected chi connectivity index (χ2v) is 4.84. The third-order valence-electron chi connectivity index (χ3n) is 3.44. The molecule has 0 bridgehead atoms. The quantitative estimate of drug-likeness (QED) is 0.780. The molecule has 1 aromatic rings. The molecule has 0 aromatic heterocycles. The molecule has 2 amide bonds. The van der Waals surface area contributed by atoms with Crippen LogP contribution >= 0.6 is 0 Å². The molecule has 2 N–H and O–H groups in total. The fourth-order valence-electron chi connectivity index (χ4n) is 2.25. The zero-order valence-electron chi connectivity index (χ0n) is 11.8. The van der Waals surface area contributed by atoms with E-state index < -0.39 is 0 Å². The maximum atomic E-state index is 12.4. The van der Waals surface area contributed by atoms with Gasteiger partial charge in [0, 0.05) is 31.9 Å². The number of amides is 2. The van der Waals surface area contributed by atoms with Crippen molar-refractivity contribution in [1.29, 1.82) is 0 Å². The highest BCUT2D eigenvalue weighted by Gasteiger charge is 2.26. The third-order valence-corrected chi connectivity index (χ3v) is 3.44. The molecule has 1 aromatic carbocycles. The van der Waals surface area contributed by atoms with Crippen molar-refractivity contribution in [2.45, 2.75) is 6.92 Å². The van der Waals surface area contributed by atoms with Gasteiger partial charge in [-0.05, 0) is 19.1 Å². The molecule has 1 saturated heterocycles. The maximum absolute atomic E-state index is 12.4. The fraction of sp³-hybridized carbons (Fsp3) is 0.429. The van der Waals surface area contributed by atoms with Gasteiger partial charge in [0.25, 0.3) is 5.91 Å². The maximum Gasteiger partial charge on any atom is 0.409 e. The van der Waals surface area contributed by atoms with Gasteiger partial charge in [0.1, 0.15) is 0 Å². The molecule has 6 heteroatoms. The average molecular weight is 277 g/mol. The summed E-state index contributed by atoms with van der Waals surface area (Å²) in [5.74, 6) is -0.0873. The van der Waals surface area contributed by atoms with E-state index in [1.807, 2.05) is 13.0 Å². The second-order valence-electron chi connectivity index (χ2n) is 4.84. The van der Waals surface area contributed by atoms with Crippen molar-refractivity contribution in [2.24, 2.45) is 0 Å². The van der Waals surface area contributed by atoms with Crippen molar-refractivity contribution in [3.8, 4) is 0 Å². The number of carbonyl (C=O) groups excluding carboxylic acids is 2. The Bertz CT molecular complexity index is 522. The first-order valence-electron chi connectivity index (χ1n) is 6.51. The number of nitrogens with two attached hydrogens (primary N) is 1. The lowest BCUT2D eigenvalue weighted by atomic mass is 10.1. The molecule has 1 fully saturated rings. The summed E-state index contributed by atoms with van der Waals surface area (Å²) < 4.78 is 4.67. The minimum Gasteiger partial charge on any atom is -0.453 e. The van der Waals surface area contributed by atoms with E-state index in [0.29, 0.717) is 37.4 Å². The minimum absolute atomic E-state index is 0.0873. The van der Waals surface area contributed by atoms with E-state index >= 15 is 0 Å². The summed E-state index contributed by atoms with van der Waals surface area (Å²) in [5, 5.41) is 0. The van der Waals surface area contributed by atoms with E-state index in [1.165, 1.54) is 7.11 Å². The van der Waals surface area contributed by atoms with E-state index in [9.17, 15) is 9.59 Å². The van der Waals surface area contributed by atoms with Crippen LogP contribution in [0.1, 0.15) is 15.9 Å². The average Bonchev–Trinajstić information content (AvgIpc) is 2.48. The Morgan fingerprint density at radius 2 is 1.75 bits per heavy atom. The third kappa shape index (κ3) is 2.84. The number of hydrogen-bond acceptors (Lipinski definition) is 4. The molecule has 0 atom stereocenters. The van der Waals surface area contributed by atoms with Gasteiger partial charge in [0.15, 0.2) is 0 Å². The Morgan fingerprint density at radius 3 is 2.35 bits per heavy atom. The van der Waals surface area contributed by atoms with Crippen LogP contribution in [0.3, 0.4) is 0 Å². The van der Waals surface area contributed by atoms with Crippen molar-refractivity contribution in [2.75, 3.05) is 39.0 Å². The van der Waals surface area contributed by atoms with Gasteiger partial charge in [-0.1, -0.05) is 11.6 Å². The molecular weight excluding hydrogens is 258 g/mol. The lowest BCUT2D eigenvalue weighted by Crippen LogP contribution is -2.50. The standard InChI is InChI=1S/C14H19N3O3/c1-10-3-4-12(15)11(9-10)13(18)16-5-7-17(8-6-16)14(19)20-2/h3-4,9H,5-8,15H2,1-2H3. The Hall–Kier alpha value is -2.24. The van der Waals surface area contributed by atoms with E-state index in [4.69, 9.17) is 5.73 Å².